The van der Waals surface area contributed by atoms with Crippen LogP contribution in [0.15, 0.2) is 30.3 Å². The van der Waals surface area contributed by atoms with Crippen molar-refractivity contribution in [3.63, 3.8) is 0 Å². The molecule has 3 N–H and O–H groups in total. The van der Waals surface area contributed by atoms with Gasteiger partial charge in [0, 0.05) is 12.1 Å². The van der Waals surface area contributed by atoms with Gasteiger partial charge in [0.2, 0.25) is 0 Å². The molecule has 0 radical (unpaired) electrons. The highest BCUT2D eigenvalue weighted by Gasteiger charge is 2.26. The fraction of sp³-hybridized carbons (Fsp3) is 0.588. The number of nitrogens with two attached hydrogens (primary N) is 1. The normalized spacial score (nSPS) is 18.8. The van der Waals surface area contributed by atoms with E-state index in [1.165, 1.54) is 32.1 Å². The Morgan fingerprint density at radius 3 is 2.62 bits per heavy atom. The van der Waals surface area contributed by atoms with Gasteiger partial charge in [-0.15, -0.1) is 0 Å². The van der Waals surface area contributed by atoms with Crippen molar-refractivity contribution in [3.8, 4) is 0 Å². The number of alkyl carbamates (subject to hydrolysis) is 1. The molecule has 1 aliphatic rings. The van der Waals surface area contributed by atoms with E-state index in [9.17, 15) is 4.79 Å². The lowest BCUT2D eigenvalue weighted by molar-refractivity contribution is 0.132. The smallest absolute Gasteiger partial charge is 0.407 e. The predicted molar refractivity (Wildman–Crippen MR) is 83.8 cm³/mol. The van der Waals surface area contributed by atoms with Crippen molar-refractivity contribution in [1.82, 2.24) is 5.32 Å². The van der Waals surface area contributed by atoms with Gasteiger partial charge in [-0.1, -0.05) is 49.6 Å². The number of carbonyl (C=O) groups excluding carboxylic acids is 1. The van der Waals surface area contributed by atoms with Crippen molar-refractivity contribution in [2.75, 3.05) is 0 Å². The van der Waals surface area contributed by atoms with Crippen LogP contribution in [0.2, 0.25) is 0 Å². The molecule has 21 heavy (non-hydrogen) atoms. The Morgan fingerprint density at radius 1 is 1.29 bits per heavy atom. The maximum atomic E-state index is 11.8. The Hall–Kier alpha value is -1.55. The van der Waals surface area contributed by atoms with E-state index in [1.807, 2.05) is 37.3 Å². The minimum atomic E-state index is -0.391. The Morgan fingerprint density at radius 2 is 1.95 bits per heavy atom. The van der Waals surface area contributed by atoms with Gasteiger partial charge < -0.3 is 15.8 Å². The molecule has 4 heteroatoms. The number of ether oxygens (including phenoxy) is 1. The first kappa shape index (κ1) is 15.8. The van der Waals surface area contributed by atoms with Crippen molar-refractivity contribution in [1.29, 1.82) is 0 Å². The second kappa shape index (κ2) is 8.03. The maximum Gasteiger partial charge on any atom is 0.407 e. The summed E-state index contributed by atoms with van der Waals surface area (Å²) in [4.78, 5) is 11.8. The van der Waals surface area contributed by atoms with Gasteiger partial charge in [0.15, 0.2) is 0 Å². The highest BCUT2D eigenvalue weighted by molar-refractivity contribution is 5.67. The van der Waals surface area contributed by atoms with Gasteiger partial charge >= 0.3 is 6.09 Å². The summed E-state index contributed by atoms with van der Waals surface area (Å²) in [5.74, 6) is 0.517. The molecule has 0 heterocycles. The lowest BCUT2D eigenvalue weighted by Crippen LogP contribution is -2.50. The fourth-order valence-corrected chi connectivity index (χ4v) is 2.97. The maximum absolute atomic E-state index is 11.8. The second-order valence-electron chi connectivity index (χ2n) is 5.97. The quantitative estimate of drug-likeness (QED) is 0.875. The molecule has 0 bridgehead atoms. The van der Waals surface area contributed by atoms with Crippen LogP contribution in [0.4, 0.5) is 4.79 Å². The summed E-state index contributed by atoms with van der Waals surface area (Å²) >= 11 is 0. The van der Waals surface area contributed by atoms with E-state index in [-0.39, 0.29) is 18.7 Å². The number of hydrogen-bond donors (Lipinski definition) is 2. The highest BCUT2D eigenvalue weighted by Crippen LogP contribution is 2.26. The average molecular weight is 290 g/mol. The zero-order valence-electron chi connectivity index (χ0n) is 12.8. The average Bonchev–Trinajstić information content (AvgIpc) is 2.54. The SMILES string of the molecule is C[C@H](NC(=O)OCc1ccccc1)[C@H](N)C1CCCCC1. The third-order valence-corrected chi connectivity index (χ3v) is 4.33. The van der Waals surface area contributed by atoms with Crippen LogP contribution in [0.25, 0.3) is 0 Å². The predicted octanol–water partition coefficient (Wildman–Crippen LogP) is 3.21. The number of rotatable bonds is 5. The number of benzene rings is 1. The largest absolute Gasteiger partial charge is 0.445 e. The minimum Gasteiger partial charge on any atom is -0.445 e. The summed E-state index contributed by atoms with van der Waals surface area (Å²) < 4.78 is 5.23. The number of hydrogen-bond acceptors (Lipinski definition) is 3. The third-order valence-electron chi connectivity index (χ3n) is 4.33. The summed E-state index contributed by atoms with van der Waals surface area (Å²) in [5.41, 5.74) is 7.26. The molecule has 1 saturated carbocycles. The first-order valence-corrected chi connectivity index (χ1v) is 7.89. The van der Waals surface area contributed by atoms with E-state index in [1.54, 1.807) is 0 Å². The van der Waals surface area contributed by atoms with Gasteiger partial charge in [0.05, 0.1) is 0 Å². The van der Waals surface area contributed by atoms with E-state index in [0.717, 1.165) is 5.56 Å². The lowest BCUT2D eigenvalue weighted by atomic mass is 9.82. The number of carbonyl (C=O) groups is 1. The first-order chi connectivity index (χ1) is 10.2. The summed E-state index contributed by atoms with van der Waals surface area (Å²) in [7, 11) is 0. The molecular formula is C17H26N2O2. The van der Waals surface area contributed by atoms with E-state index >= 15 is 0 Å². The van der Waals surface area contributed by atoms with Gasteiger partial charge in [-0.3, -0.25) is 0 Å². The van der Waals surface area contributed by atoms with E-state index < -0.39 is 6.09 Å². The molecular weight excluding hydrogens is 264 g/mol. The van der Waals surface area contributed by atoms with Gasteiger partial charge in [0.1, 0.15) is 6.61 Å². The second-order valence-corrected chi connectivity index (χ2v) is 5.97. The number of amides is 1. The Kier molecular flexibility index (Phi) is 6.05. The molecule has 116 valence electrons. The Labute approximate surface area is 127 Å². The molecule has 4 nitrogen and oxygen atoms in total. The van der Waals surface area contributed by atoms with Gasteiger partial charge in [-0.05, 0) is 31.2 Å². The molecule has 1 amide bonds. The van der Waals surface area contributed by atoms with E-state index in [2.05, 4.69) is 5.32 Å². The van der Waals surface area contributed by atoms with Gasteiger partial charge in [0.25, 0.3) is 0 Å². The van der Waals surface area contributed by atoms with E-state index in [4.69, 9.17) is 10.5 Å². The summed E-state index contributed by atoms with van der Waals surface area (Å²) in [6, 6.07) is 9.62. The van der Waals surface area contributed by atoms with E-state index in [0.29, 0.717) is 5.92 Å². The van der Waals surface area contributed by atoms with Crippen LogP contribution in [0.3, 0.4) is 0 Å². The summed E-state index contributed by atoms with van der Waals surface area (Å²) in [6.45, 7) is 2.25. The molecule has 1 fully saturated rings. The Bertz CT molecular complexity index is 430. The molecule has 0 aromatic heterocycles. The summed E-state index contributed by atoms with van der Waals surface area (Å²) in [6.07, 6.45) is 5.77. The van der Waals surface area contributed by atoms with Crippen LogP contribution in [-0.4, -0.2) is 18.2 Å². The zero-order chi connectivity index (χ0) is 15.1. The van der Waals surface area contributed by atoms with Crippen LogP contribution in [0.5, 0.6) is 0 Å². The van der Waals surface area contributed by atoms with Gasteiger partial charge in [-0.2, -0.15) is 0 Å². The lowest BCUT2D eigenvalue weighted by Gasteiger charge is -2.31. The van der Waals surface area contributed by atoms with Crippen LogP contribution >= 0.6 is 0 Å². The van der Waals surface area contributed by atoms with Crippen LogP contribution in [0.1, 0.15) is 44.6 Å². The van der Waals surface area contributed by atoms with Crippen molar-refractivity contribution in [2.45, 2.75) is 57.7 Å². The summed E-state index contributed by atoms with van der Waals surface area (Å²) in [5, 5.41) is 2.86. The molecule has 1 aromatic carbocycles. The van der Waals surface area contributed by atoms with Crippen LogP contribution in [-0.2, 0) is 11.3 Å². The Balaban J connectivity index is 1.73. The molecule has 1 aliphatic carbocycles. The molecule has 0 unspecified atom stereocenters. The van der Waals surface area contributed by atoms with Crippen molar-refractivity contribution in [2.24, 2.45) is 11.7 Å². The molecule has 0 spiro atoms. The molecule has 0 aliphatic heterocycles. The van der Waals surface area contributed by atoms with Crippen molar-refractivity contribution >= 4 is 6.09 Å². The zero-order valence-corrected chi connectivity index (χ0v) is 12.8. The molecule has 2 rings (SSSR count). The van der Waals surface area contributed by atoms with Crippen LogP contribution < -0.4 is 11.1 Å². The fourth-order valence-electron chi connectivity index (χ4n) is 2.97. The minimum absolute atomic E-state index is 0.00887. The monoisotopic (exact) mass is 290 g/mol. The van der Waals surface area contributed by atoms with Crippen molar-refractivity contribution in [3.05, 3.63) is 35.9 Å². The number of nitrogens with one attached hydrogen (secondary N) is 1. The highest BCUT2D eigenvalue weighted by atomic mass is 16.5. The van der Waals surface area contributed by atoms with Crippen LogP contribution in [0, 0.1) is 5.92 Å². The first-order valence-electron chi connectivity index (χ1n) is 7.89. The van der Waals surface area contributed by atoms with Gasteiger partial charge in [-0.25, -0.2) is 4.79 Å². The molecule has 1 aromatic rings. The molecule has 0 saturated heterocycles. The molecule has 2 atom stereocenters. The third kappa shape index (κ3) is 5.05. The topological polar surface area (TPSA) is 64.3 Å². The van der Waals surface area contributed by atoms with Crippen molar-refractivity contribution < 1.29 is 9.53 Å². The standard InChI is InChI=1S/C17H26N2O2/c1-13(16(18)15-10-6-3-7-11-15)19-17(20)21-12-14-8-4-2-5-9-14/h2,4-5,8-9,13,15-16H,3,6-7,10-12,18H2,1H3,(H,19,20)/t13-,16-/m0/s1.